The average Bonchev–Trinajstić information content (AvgIpc) is 2.56. The Bertz CT molecular complexity index is 983. The lowest BCUT2D eigenvalue weighted by atomic mass is 10.0. The van der Waals surface area contributed by atoms with E-state index in [1.807, 2.05) is 19.9 Å². The van der Waals surface area contributed by atoms with Crippen LogP contribution in [0.2, 0.25) is 0 Å². The van der Waals surface area contributed by atoms with E-state index in [1.54, 1.807) is 17.0 Å². The number of rotatable bonds is 2. The molecule has 0 spiro atoms. The molecule has 1 amide bonds. The maximum Gasteiger partial charge on any atom is 0.417 e. The summed E-state index contributed by atoms with van der Waals surface area (Å²) in [5, 5.41) is 1.04. The SMILES string of the molecule is Cc1cc(C)c2nc3c(cc2c1)CN(Cc1ccc(F)cc1)C(=O)O3. The fourth-order valence-electron chi connectivity index (χ4n) is 3.23. The summed E-state index contributed by atoms with van der Waals surface area (Å²) < 4.78 is 18.5. The number of nitrogens with zero attached hydrogens (tertiary/aromatic N) is 2. The molecule has 4 rings (SSSR count). The summed E-state index contributed by atoms with van der Waals surface area (Å²) in [6.07, 6.45) is -0.437. The fourth-order valence-corrected chi connectivity index (χ4v) is 3.23. The number of hydrogen-bond acceptors (Lipinski definition) is 3. The van der Waals surface area contributed by atoms with Crippen molar-refractivity contribution in [3.05, 3.63) is 70.5 Å². The Kier molecular flexibility index (Phi) is 3.64. The van der Waals surface area contributed by atoms with Crippen LogP contribution < -0.4 is 4.74 Å². The third-order valence-electron chi connectivity index (χ3n) is 4.38. The first-order valence-corrected chi connectivity index (χ1v) is 8.12. The topological polar surface area (TPSA) is 42.4 Å². The molecule has 25 heavy (non-hydrogen) atoms. The van der Waals surface area contributed by atoms with E-state index < -0.39 is 6.09 Å². The number of ether oxygens (including phenoxy) is 1. The van der Waals surface area contributed by atoms with E-state index in [0.717, 1.165) is 27.6 Å². The van der Waals surface area contributed by atoms with Gasteiger partial charge >= 0.3 is 6.09 Å². The molecule has 0 atom stereocenters. The van der Waals surface area contributed by atoms with Crippen molar-refractivity contribution in [3.8, 4) is 5.88 Å². The van der Waals surface area contributed by atoms with E-state index in [0.29, 0.717) is 19.0 Å². The summed E-state index contributed by atoms with van der Waals surface area (Å²) >= 11 is 0. The maximum atomic E-state index is 13.0. The zero-order chi connectivity index (χ0) is 17.6. The standard InChI is InChI=1S/C20H17FN2O2/c1-12-7-13(2)18-15(8-12)9-16-11-23(20(24)25-19(16)22-18)10-14-3-5-17(21)6-4-14/h3-9H,10-11H2,1-2H3. The minimum absolute atomic E-state index is 0.295. The summed E-state index contributed by atoms with van der Waals surface area (Å²) in [6.45, 7) is 4.83. The number of pyridine rings is 1. The van der Waals surface area contributed by atoms with Crippen molar-refractivity contribution in [1.29, 1.82) is 0 Å². The van der Waals surface area contributed by atoms with Gasteiger partial charge in [0.15, 0.2) is 0 Å². The van der Waals surface area contributed by atoms with E-state index in [1.165, 1.54) is 17.7 Å². The van der Waals surface area contributed by atoms with Gasteiger partial charge < -0.3 is 4.74 Å². The van der Waals surface area contributed by atoms with Crippen LogP contribution >= 0.6 is 0 Å². The predicted octanol–water partition coefficient (Wildman–Crippen LogP) is 4.51. The molecule has 126 valence electrons. The molecule has 5 heteroatoms. The number of halogens is 1. The van der Waals surface area contributed by atoms with Crippen molar-refractivity contribution in [2.75, 3.05) is 0 Å². The minimum atomic E-state index is -0.437. The van der Waals surface area contributed by atoms with Crippen molar-refractivity contribution >= 4 is 17.0 Å². The Morgan fingerprint density at radius 2 is 1.92 bits per heavy atom. The van der Waals surface area contributed by atoms with Gasteiger partial charge in [-0.05, 0) is 49.2 Å². The zero-order valence-electron chi connectivity index (χ0n) is 14.0. The molecule has 2 aromatic carbocycles. The number of carbonyl (C=O) groups excluding carboxylic acids is 1. The van der Waals surface area contributed by atoms with Crippen molar-refractivity contribution in [3.63, 3.8) is 0 Å². The summed E-state index contributed by atoms with van der Waals surface area (Å²) in [5.41, 5.74) is 4.80. The molecule has 0 saturated carbocycles. The van der Waals surface area contributed by atoms with Crippen molar-refractivity contribution in [1.82, 2.24) is 9.88 Å². The average molecular weight is 336 g/mol. The Balaban J connectivity index is 1.68. The molecule has 2 heterocycles. The first-order valence-electron chi connectivity index (χ1n) is 8.12. The highest BCUT2D eigenvalue weighted by Gasteiger charge is 2.26. The second kappa shape index (κ2) is 5.84. The third kappa shape index (κ3) is 2.93. The Hall–Kier alpha value is -2.95. The molecule has 4 nitrogen and oxygen atoms in total. The van der Waals surface area contributed by atoms with Gasteiger partial charge in [0.2, 0.25) is 5.88 Å². The van der Waals surface area contributed by atoms with Gasteiger partial charge in [0.25, 0.3) is 0 Å². The maximum absolute atomic E-state index is 13.0. The molecule has 1 aliphatic rings. The van der Waals surface area contributed by atoms with Gasteiger partial charge in [-0.25, -0.2) is 14.2 Å². The normalized spacial score (nSPS) is 13.7. The van der Waals surface area contributed by atoms with Crippen LogP contribution in [-0.4, -0.2) is 16.0 Å². The molecule has 0 N–H and O–H groups in total. The van der Waals surface area contributed by atoms with Crippen LogP contribution in [0.5, 0.6) is 5.88 Å². The highest BCUT2D eigenvalue weighted by Crippen LogP contribution is 2.30. The number of fused-ring (bicyclic) bond motifs is 2. The van der Waals surface area contributed by atoms with E-state index in [9.17, 15) is 9.18 Å². The van der Waals surface area contributed by atoms with Crippen LogP contribution in [0.3, 0.4) is 0 Å². The molecule has 0 radical (unpaired) electrons. The molecule has 0 bridgehead atoms. The van der Waals surface area contributed by atoms with E-state index in [4.69, 9.17) is 4.74 Å². The van der Waals surface area contributed by atoms with Gasteiger partial charge in [-0.2, -0.15) is 0 Å². The molecule has 0 saturated heterocycles. The Labute approximate surface area is 144 Å². The van der Waals surface area contributed by atoms with Gasteiger partial charge in [-0.1, -0.05) is 23.8 Å². The van der Waals surface area contributed by atoms with Crippen LogP contribution in [0, 0.1) is 19.7 Å². The first-order chi connectivity index (χ1) is 12.0. The second-order valence-electron chi connectivity index (χ2n) is 6.46. The third-order valence-corrected chi connectivity index (χ3v) is 4.38. The quantitative estimate of drug-likeness (QED) is 0.692. The van der Waals surface area contributed by atoms with Gasteiger partial charge in [0, 0.05) is 17.5 Å². The van der Waals surface area contributed by atoms with Gasteiger partial charge in [0.05, 0.1) is 12.1 Å². The van der Waals surface area contributed by atoms with Crippen LogP contribution in [0.4, 0.5) is 9.18 Å². The van der Waals surface area contributed by atoms with Gasteiger partial charge in [0.1, 0.15) is 5.82 Å². The monoisotopic (exact) mass is 336 g/mol. The van der Waals surface area contributed by atoms with Gasteiger partial charge in [-0.15, -0.1) is 0 Å². The minimum Gasteiger partial charge on any atom is -0.391 e. The van der Waals surface area contributed by atoms with Crippen LogP contribution in [0.1, 0.15) is 22.3 Å². The Morgan fingerprint density at radius 3 is 2.68 bits per heavy atom. The van der Waals surface area contributed by atoms with Crippen molar-refractivity contribution in [2.24, 2.45) is 0 Å². The van der Waals surface area contributed by atoms with Gasteiger partial charge in [-0.3, -0.25) is 4.90 Å². The lowest BCUT2D eigenvalue weighted by molar-refractivity contribution is 0.133. The molecule has 1 aromatic heterocycles. The molecule has 0 unspecified atom stereocenters. The summed E-state index contributed by atoms with van der Waals surface area (Å²) in [5.74, 6) is 0.0801. The number of aromatic nitrogens is 1. The highest BCUT2D eigenvalue weighted by molar-refractivity contribution is 5.85. The smallest absolute Gasteiger partial charge is 0.391 e. The van der Waals surface area contributed by atoms with E-state index in [2.05, 4.69) is 17.1 Å². The van der Waals surface area contributed by atoms with Crippen LogP contribution in [0.15, 0.2) is 42.5 Å². The van der Waals surface area contributed by atoms with E-state index >= 15 is 0 Å². The predicted molar refractivity (Wildman–Crippen MR) is 92.9 cm³/mol. The molecule has 3 aromatic rings. The first kappa shape index (κ1) is 15.6. The van der Waals surface area contributed by atoms with Crippen LogP contribution in [-0.2, 0) is 13.1 Å². The summed E-state index contributed by atoms with van der Waals surface area (Å²) in [6, 6.07) is 12.3. The van der Waals surface area contributed by atoms with Crippen molar-refractivity contribution in [2.45, 2.75) is 26.9 Å². The number of carbonyl (C=O) groups is 1. The summed E-state index contributed by atoms with van der Waals surface area (Å²) in [7, 11) is 0. The molecule has 0 aliphatic carbocycles. The number of aryl methyl sites for hydroxylation is 2. The molecular formula is C20H17FN2O2. The number of amides is 1. The van der Waals surface area contributed by atoms with Crippen molar-refractivity contribution < 1.29 is 13.9 Å². The molecule has 0 fully saturated rings. The second-order valence-corrected chi connectivity index (χ2v) is 6.46. The number of benzene rings is 2. The van der Waals surface area contributed by atoms with Crippen LogP contribution in [0.25, 0.3) is 10.9 Å². The lowest BCUT2D eigenvalue weighted by Crippen LogP contribution is -2.36. The summed E-state index contributed by atoms with van der Waals surface area (Å²) in [4.78, 5) is 18.4. The highest BCUT2D eigenvalue weighted by atomic mass is 19.1. The molecular weight excluding hydrogens is 319 g/mol. The largest absolute Gasteiger partial charge is 0.417 e. The molecule has 1 aliphatic heterocycles. The Morgan fingerprint density at radius 1 is 1.16 bits per heavy atom. The van der Waals surface area contributed by atoms with E-state index in [-0.39, 0.29) is 5.82 Å². The number of hydrogen-bond donors (Lipinski definition) is 0. The zero-order valence-corrected chi connectivity index (χ0v) is 14.0. The lowest BCUT2D eigenvalue weighted by Gasteiger charge is -2.27. The fraction of sp³-hybridized carbons (Fsp3) is 0.200.